The van der Waals surface area contributed by atoms with Gasteiger partial charge in [0.1, 0.15) is 6.04 Å². The van der Waals surface area contributed by atoms with E-state index in [0.29, 0.717) is 25.6 Å². The monoisotopic (exact) mass is 515 g/mol. The maximum atomic E-state index is 13.4. The summed E-state index contributed by atoms with van der Waals surface area (Å²) in [6.07, 6.45) is 8.59. The molecule has 2 fully saturated rings. The molecule has 2 amide bonds. The summed E-state index contributed by atoms with van der Waals surface area (Å²) in [4.78, 5) is 34.7. The van der Waals surface area contributed by atoms with Crippen molar-refractivity contribution in [3.05, 3.63) is 71.4 Å². The fourth-order valence-corrected chi connectivity index (χ4v) is 6.01. The van der Waals surface area contributed by atoms with Crippen molar-refractivity contribution in [3.8, 4) is 0 Å². The Morgan fingerprint density at radius 2 is 1.68 bits per heavy atom. The fourth-order valence-electron chi connectivity index (χ4n) is 6.01. The molecule has 0 bridgehead atoms. The Bertz CT molecular complexity index is 1220. The summed E-state index contributed by atoms with van der Waals surface area (Å²) in [6.45, 7) is 7.12. The van der Waals surface area contributed by atoms with E-state index >= 15 is 0 Å². The van der Waals surface area contributed by atoms with Gasteiger partial charge in [0.05, 0.1) is 6.54 Å². The smallest absolute Gasteiger partial charge is 0.243 e. The highest BCUT2D eigenvalue weighted by atomic mass is 16.2. The quantitative estimate of drug-likeness (QED) is 0.405. The molecule has 3 aromatic rings. The maximum absolute atomic E-state index is 13.4. The number of piperidine rings is 2. The van der Waals surface area contributed by atoms with Gasteiger partial charge in [0.15, 0.2) is 0 Å². The van der Waals surface area contributed by atoms with Gasteiger partial charge >= 0.3 is 0 Å². The summed E-state index contributed by atoms with van der Waals surface area (Å²) in [5.74, 6) is -0.243. The molecule has 38 heavy (non-hydrogen) atoms. The molecule has 2 aromatic carbocycles. The maximum Gasteiger partial charge on any atom is 0.243 e. The molecule has 7 heteroatoms. The number of carbonyl (C=O) groups excluding carboxylic acids is 2. The van der Waals surface area contributed by atoms with Gasteiger partial charge in [-0.25, -0.2) is 0 Å². The molecule has 3 N–H and O–H groups in total. The lowest BCUT2D eigenvalue weighted by Gasteiger charge is -2.40. The number of aromatic nitrogens is 1. The fraction of sp³-hybridized carbons (Fsp3) is 0.484. The summed E-state index contributed by atoms with van der Waals surface area (Å²) in [5, 5.41) is 7.23. The van der Waals surface area contributed by atoms with Crippen LogP contribution in [0.3, 0.4) is 0 Å². The Balaban J connectivity index is 1.20. The standard InChI is InChI=1S/C31H41N5O2/c1-23-9-3-4-10-24(23)20-33-31(38)29(19-25-21-32-28-12-6-5-11-27(25)28)34-30(37)22-35-17-13-26(14-18-35)36-15-7-2-8-16-36/h3-6,9-12,21,26,29,32H,2,7-8,13-20,22H2,1H3,(H,33,38)(H,34,37). The zero-order valence-corrected chi connectivity index (χ0v) is 22.5. The van der Waals surface area contributed by atoms with E-state index in [1.165, 1.54) is 32.4 Å². The number of amides is 2. The van der Waals surface area contributed by atoms with Crippen LogP contribution in [0.4, 0.5) is 0 Å². The Kier molecular flexibility index (Phi) is 8.76. The zero-order valence-electron chi connectivity index (χ0n) is 22.5. The molecule has 7 nitrogen and oxygen atoms in total. The second-order valence-corrected chi connectivity index (χ2v) is 10.9. The number of hydrogen-bond acceptors (Lipinski definition) is 4. The van der Waals surface area contributed by atoms with E-state index < -0.39 is 6.04 Å². The van der Waals surface area contributed by atoms with E-state index in [1.807, 2.05) is 55.6 Å². The van der Waals surface area contributed by atoms with Crippen molar-refractivity contribution >= 4 is 22.7 Å². The van der Waals surface area contributed by atoms with Crippen LogP contribution in [0, 0.1) is 6.92 Å². The Morgan fingerprint density at radius 1 is 0.947 bits per heavy atom. The predicted octanol–water partition coefficient (Wildman–Crippen LogP) is 3.77. The number of likely N-dealkylation sites (tertiary alicyclic amines) is 2. The third-order valence-electron chi connectivity index (χ3n) is 8.30. The van der Waals surface area contributed by atoms with Gasteiger partial charge in [-0.05, 0) is 68.5 Å². The number of hydrogen-bond donors (Lipinski definition) is 3. The molecule has 0 spiro atoms. The molecular formula is C31H41N5O2. The first-order chi connectivity index (χ1) is 18.6. The van der Waals surface area contributed by atoms with Gasteiger partial charge in [0, 0.05) is 49.2 Å². The second kappa shape index (κ2) is 12.6. The molecule has 2 saturated heterocycles. The minimum atomic E-state index is -0.642. The Labute approximate surface area is 226 Å². The summed E-state index contributed by atoms with van der Waals surface area (Å²) in [7, 11) is 0. The number of para-hydroxylation sites is 1. The van der Waals surface area contributed by atoms with Gasteiger partial charge < -0.3 is 20.5 Å². The van der Waals surface area contributed by atoms with Crippen LogP contribution >= 0.6 is 0 Å². The third-order valence-corrected chi connectivity index (χ3v) is 8.30. The lowest BCUT2D eigenvalue weighted by molar-refractivity contribution is -0.129. The van der Waals surface area contributed by atoms with Gasteiger partial charge in [-0.1, -0.05) is 48.9 Å². The van der Waals surface area contributed by atoms with Gasteiger partial charge in [-0.15, -0.1) is 0 Å². The van der Waals surface area contributed by atoms with Crippen LogP contribution in [0.25, 0.3) is 10.9 Å². The highest BCUT2D eigenvalue weighted by molar-refractivity contribution is 5.90. The molecule has 3 heterocycles. The average Bonchev–Trinajstić information content (AvgIpc) is 3.36. The van der Waals surface area contributed by atoms with Crippen molar-refractivity contribution in [2.45, 2.75) is 64.1 Å². The van der Waals surface area contributed by atoms with Gasteiger partial charge in [-0.3, -0.25) is 14.5 Å². The van der Waals surface area contributed by atoms with E-state index in [1.54, 1.807) is 0 Å². The van der Waals surface area contributed by atoms with Crippen LogP contribution in [-0.4, -0.2) is 71.4 Å². The molecule has 2 aliphatic rings. The van der Waals surface area contributed by atoms with Gasteiger partial charge in [0.25, 0.3) is 0 Å². The van der Waals surface area contributed by atoms with Crippen molar-refractivity contribution in [3.63, 3.8) is 0 Å². The van der Waals surface area contributed by atoms with Gasteiger partial charge in [0.2, 0.25) is 11.8 Å². The Hall–Kier alpha value is -3.16. The molecule has 0 aliphatic carbocycles. The number of fused-ring (bicyclic) bond motifs is 1. The molecule has 202 valence electrons. The van der Waals surface area contributed by atoms with Crippen LogP contribution in [-0.2, 0) is 22.6 Å². The second-order valence-electron chi connectivity index (χ2n) is 10.9. The van der Waals surface area contributed by atoms with E-state index in [9.17, 15) is 9.59 Å². The first-order valence-electron chi connectivity index (χ1n) is 14.2. The van der Waals surface area contributed by atoms with E-state index in [4.69, 9.17) is 0 Å². The minimum absolute atomic E-state index is 0.0858. The van der Waals surface area contributed by atoms with Crippen LogP contribution in [0.2, 0.25) is 0 Å². The van der Waals surface area contributed by atoms with Crippen molar-refractivity contribution in [1.29, 1.82) is 0 Å². The van der Waals surface area contributed by atoms with Crippen LogP contribution in [0.15, 0.2) is 54.7 Å². The average molecular weight is 516 g/mol. The molecule has 1 atom stereocenters. The molecule has 1 aromatic heterocycles. The summed E-state index contributed by atoms with van der Waals surface area (Å²) in [5.41, 5.74) is 4.27. The number of nitrogens with one attached hydrogen (secondary N) is 3. The van der Waals surface area contributed by atoms with Crippen LogP contribution in [0.1, 0.15) is 48.8 Å². The Morgan fingerprint density at radius 3 is 2.47 bits per heavy atom. The number of aryl methyl sites for hydroxylation is 1. The number of nitrogens with zero attached hydrogens (tertiary/aromatic N) is 2. The number of carbonyl (C=O) groups is 2. The number of rotatable bonds is 9. The topological polar surface area (TPSA) is 80.5 Å². The molecule has 5 rings (SSSR count). The number of aromatic amines is 1. The summed E-state index contributed by atoms with van der Waals surface area (Å²) >= 11 is 0. The molecular weight excluding hydrogens is 474 g/mol. The van der Waals surface area contributed by atoms with E-state index in [0.717, 1.165) is 53.5 Å². The van der Waals surface area contributed by atoms with Crippen LogP contribution < -0.4 is 10.6 Å². The normalized spacial score (nSPS) is 18.3. The van der Waals surface area contributed by atoms with Crippen molar-refractivity contribution in [2.75, 3.05) is 32.7 Å². The summed E-state index contributed by atoms with van der Waals surface area (Å²) < 4.78 is 0. The largest absolute Gasteiger partial charge is 0.361 e. The van der Waals surface area contributed by atoms with E-state index in [2.05, 4.69) is 31.5 Å². The molecule has 1 unspecified atom stereocenters. The highest BCUT2D eigenvalue weighted by Gasteiger charge is 2.28. The highest BCUT2D eigenvalue weighted by Crippen LogP contribution is 2.21. The first kappa shape index (κ1) is 26.4. The van der Waals surface area contributed by atoms with Crippen molar-refractivity contribution in [2.24, 2.45) is 0 Å². The number of H-pyrrole nitrogens is 1. The minimum Gasteiger partial charge on any atom is -0.361 e. The lowest BCUT2D eigenvalue weighted by Crippen LogP contribution is -2.52. The van der Waals surface area contributed by atoms with Crippen LogP contribution in [0.5, 0.6) is 0 Å². The van der Waals surface area contributed by atoms with E-state index in [-0.39, 0.29) is 11.8 Å². The summed E-state index contributed by atoms with van der Waals surface area (Å²) in [6, 6.07) is 16.1. The predicted molar refractivity (Wildman–Crippen MR) is 152 cm³/mol. The first-order valence-corrected chi connectivity index (χ1v) is 14.2. The lowest BCUT2D eigenvalue weighted by atomic mass is 10.00. The van der Waals surface area contributed by atoms with Gasteiger partial charge in [-0.2, -0.15) is 0 Å². The number of benzene rings is 2. The molecule has 0 radical (unpaired) electrons. The van der Waals surface area contributed by atoms with Crippen molar-refractivity contribution in [1.82, 2.24) is 25.4 Å². The third kappa shape index (κ3) is 6.63. The molecule has 0 saturated carbocycles. The molecule has 2 aliphatic heterocycles. The van der Waals surface area contributed by atoms with Crippen molar-refractivity contribution < 1.29 is 9.59 Å². The SMILES string of the molecule is Cc1ccccc1CNC(=O)C(Cc1c[nH]c2ccccc12)NC(=O)CN1CCC(N2CCCCC2)CC1. The zero-order chi connectivity index (χ0) is 26.3.